The first-order chi connectivity index (χ1) is 12.3. The molecule has 142 valence electrons. The van der Waals surface area contributed by atoms with Crippen molar-refractivity contribution in [1.82, 2.24) is 10.2 Å². The number of rotatable bonds is 3. The lowest BCUT2D eigenvalue weighted by Crippen LogP contribution is -2.44. The molecule has 1 aromatic rings. The van der Waals surface area contributed by atoms with E-state index in [1.807, 2.05) is 51.1 Å². The molecule has 1 saturated carbocycles. The van der Waals surface area contributed by atoms with Crippen molar-refractivity contribution < 1.29 is 19.1 Å². The van der Waals surface area contributed by atoms with Gasteiger partial charge in [-0.1, -0.05) is 30.3 Å². The molecule has 0 bridgehead atoms. The van der Waals surface area contributed by atoms with Crippen LogP contribution in [0.3, 0.4) is 0 Å². The Bertz CT molecular complexity index is 656. The van der Waals surface area contributed by atoms with Crippen LogP contribution < -0.4 is 5.32 Å². The van der Waals surface area contributed by atoms with E-state index >= 15 is 0 Å². The maximum atomic E-state index is 12.4. The van der Waals surface area contributed by atoms with Gasteiger partial charge in [0.2, 0.25) is 0 Å². The molecule has 0 radical (unpaired) electrons. The summed E-state index contributed by atoms with van der Waals surface area (Å²) in [5.41, 5.74) is 0.441. The van der Waals surface area contributed by atoms with Gasteiger partial charge in [0.05, 0.1) is 0 Å². The van der Waals surface area contributed by atoms with Gasteiger partial charge in [0.25, 0.3) is 0 Å². The number of nitrogens with zero attached hydrogens (tertiary/aromatic N) is 1. The molecule has 2 aliphatic rings. The number of benzene rings is 1. The van der Waals surface area contributed by atoms with E-state index in [-0.39, 0.29) is 30.3 Å². The van der Waals surface area contributed by atoms with Crippen LogP contribution in [0.15, 0.2) is 30.3 Å². The first-order valence-electron chi connectivity index (χ1n) is 9.23. The van der Waals surface area contributed by atoms with Crippen molar-refractivity contribution in [2.24, 2.45) is 5.41 Å². The van der Waals surface area contributed by atoms with Crippen LogP contribution in [0.25, 0.3) is 0 Å². The fourth-order valence-electron chi connectivity index (χ4n) is 3.58. The second-order valence-electron chi connectivity index (χ2n) is 8.33. The minimum atomic E-state index is -0.508. The highest BCUT2D eigenvalue weighted by Gasteiger charge is 2.57. The highest BCUT2D eigenvalue weighted by molar-refractivity contribution is 5.70. The quantitative estimate of drug-likeness (QED) is 0.892. The molecular weight excluding hydrogens is 332 g/mol. The first kappa shape index (κ1) is 18.5. The van der Waals surface area contributed by atoms with Crippen LogP contribution in [-0.4, -0.2) is 41.8 Å². The molecule has 2 fully saturated rings. The van der Waals surface area contributed by atoms with Crippen LogP contribution in [-0.2, 0) is 16.1 Å². The van der Waals surface area contributed by atoms with Crippen LogP contribution in [0.5, 0.6) is 0 Å². The Labute approximate surface area is 154 Å². The van der Waals surface area contributed by atoms with Gasteiger partial charge in [0.1, 0.15) is 12.2 Å². The minimum Gasteiger partial charge on any atom is -0.445 e. The highest BCUT2D eigenvalue weighted by atomic mass is 16.6. The van der Waals surface area contributed by atoms with Crippen LogP contribution in [0.2, 0.25) is 0 Å². The van der Waals surface area contributed by atoms with Gasteiger partial charge in [-0.3, -0.25) is 0 Å². The lowest BCUT2D eigenvalue weighted by atomic mass is 9.94. The normalized spacial score (nSPS) is 24.9. The molecule has 0 aromatic heterocycles. The standard InChI is InChI=1S/C20H28N2O4/c1-19(2,3)26-17(23)21-16-12-20(16)10-7-11-22(14-20)18(24)25-13-15-8-5-4-6-9-15/h4-6,8-9,16H,7,10-14H2,1-3H3,(H,21,23). The van der Waals surface area contributed by atoms with E-state index < -0.39 is 5.60 Å². The lowest BCUT2D eigenvalue weighted by Gasteiger charge is -2.33. The smallest absolute Gasteiger partial charge is 0.410 e. The van der Waals surface area contributed by atoms with Gasteiger partial charge in [-0.2, -0.15) is 0 Å². The molecule has 1 aliphatic heterocycles. The van der Waals surface area contributed by atoms with Gasteiger partial charge >= 0.3 is 12.2 Å². The van der Waals surface area contributed by atoms with E-state index in [4.69, 9.17) is 9.47 Å². The van der Waals surface area contributed by atoms with E-state index in [0.717, 1.165) is 24.8 Å². The zero-order valence-electron chi connectivity index (χ0n) is 15.8. The molecule has 1 aromatic carbocycles. The molecule has 2 atom stereocenters. The van der Waals surface area contributed by atoms with Crippen LogP contribution in [0.1, 0.15) is 45.6 Å². The molecular formula is C20H28N2O4. The number of nitrogens with one attached hydrogen (secondary N) is 1. The van der Waals surface area contributed by atoms with Crippen molar-refractivity contribution in [2.75, 3.05) is 13.1 Å². The van der Waals surface area contributed by atoms with Crippen molar-refractivity contribution in [2.45, 2.75) is 58.3 Å². The summed E-state index contributed by atoms with van der Waals surface area (Å²) in [5, 5.41) is 2.95. The third kappa shape index (κ3) is 4.68. The molecule has 1 heterocycles. The van der Waals surface area contributed by atoms with E-state index in [1.165, 1.54) is 0 Å². The van der Waals surface area contributed by atoms with Crippen molar-refractivity contribution >= 4 is 12.2 Å². The largest absolute Gasteiger partial charge is 0.445 e. The average Bonchev–Trinajstić information content (AvgIpc) is 3.22. The summed E-state index contributed by atoms with van der Waals surface area (Å²) < 4.78 is 10.8. The summed E-state index contributed by atoms with van der Waals surface area (Å²) in [5.74, 6) is 0. The van der Waals surface area contributed by atoms with E-state index in [9.17, 15) is 9.59 Å². The van der Waals surface area contributed by atoms with Gasteiger partial charge in [-0.25, -0.2) is 9.59 Å². The van der Waals surface area contributed by atoms with Gasteiger partial charge in [-0.15, -0.1) is 0 Å². The third-order valence-corrected chi connectivity index (χ3v) is 4.95. The van der Waals surface area contributed by atoms with E-state index in [0.29, 0.717) is 13.1 Å². The Hall–Kier alpha value is -2.24. The molecule has 26 heavy (non-hydrogen) atoms. The fraction of sp³-hybridized carbons (Fsp3) is 0.600. The van der Waals surface area contributed by atoms with Crippen LogP contribution >= 0.6 is 0 Å². The topological polar surface area (TPSA) is 67.9 Å². The van der Waals surface area contributed by atoms with Crippen LogP contribution in [0, 0.1) is 5.41 Å². The lowest BCUT2D eigenvalue weighted by molar-refractivity contribution is 0.0499. The van der Waals surface area contributed by atoms with Gasteiger partial charge in [-0.05, 0) is 45.6 Å². The van der Waals surface area contributed by atoms with Crippen molar-refractivity contribution in [3.8, 4) is 0 Å². The Kier molecular flexibility index (Phi) is 5.12. The Balaban J connectivity index is 1.48. The highest BCUT2D eigenvalue weighted by Crippen LogP contribution is 2.52. The second-order valence-corrected chi connectivity index (χ2v) is 8.33. The van der Waals surface area contributed by atoms with E-state index in [2.05, 4.69) is 5.32 Å². The Morgan fingerprint density at radius 1 is 1.27 bits per heavy atom. The fourth-order valence-corrected chi connectivity index (χ4v) is 3.58. The predicted octanol–water partition coefficient (Wildman–Crippen LogP) is 3.70. The number of likely N-dealkylation sites (tertiary alicyclic amines) is 1. The number of amides is 2. The number of carbonyl (C=O) groups is 2. The maximum absolute atomic E-state index is 12.4. The number of alkyl carbamates (subject to hydrolysis) is 1. The zero-order chi connectivity index (χ0) is 18.8. The Morgan fingerprint density at radius 3 is 2.69 bits per heavy atom. The molecule has 6 nitrogen and oxygen atoms in total. The number of hydrogen-bond acceptors (Lipinski definition) is 4. The number of ether oxygens (including phenoxy) is 2. The molecule has 1 aliphatic carbocycles. The van der Waals surface area contributed by atoms with Gasteiger partial charge in [0, 0.05) is 24.5 Å². The van der Waals surface area contributed by atoms with E-state index in [1.54, 1.807) is 4.90 Å². The summed E-state index contributed by atoms with van der Waals surface area (Å²) >= 11 is 0. The minimum absolute atomic E-state index is 0.0269. The Morgan fingerprint density at radius 2 is 2.00 bits per heavy atom. The molecule has 6 heteroatoms. The molecule has 3 rings (SSSR count). The molecule has 1 spiro atoms. The zero-order valence-corrected chi connectivity index (χ0v) is 15.8. The maximum Gasteiger partial charge on any atom is 0.410 e. The van der Waals surface area contributed by atoms with Crippen LogP contribution in [0.4, 0.5) is 9.59 Å². The number of hydrogen-bond donors (Lipinski definition) is 1. The summed E-state index contributed by atoms with van der Waals surface area (Å²) in [6.07, 6.45) is 2.15. The predicted molar refractivity (Wildman–Crippen MR) is 97.6 cm³/mol. The van der Waals surface area contributed by atoms with Crippen molar-refractivity contribution in [3.05, 3.63) is 35.9 Å². The SMILES string of the molecule is CC(C)(C)OC(=O)NC1CC12CCCN(C(=O)OCc1ccccc1)C2. The summed E-state index contributed by atoms with van der Waals surface area (Å²) in [6.45, 7) is 7.15. The average molecular weight is 360 g/mol. The number of piperidine rings is 1. The molecule has 1 saturated heterocycles. The summed E-state index contributed by atoms with van der Waals surface area (Å²) in [6, 6.07) is 9.73. The van der Waals surface area contributed by atoms with Gasteiger partial charge in [0.15, 0.2) is 0 Å². The van der Waals surface area contributed by atoms with Gasteiger partial charge < -0.3 is 19.7 Å². The molecule has 1 N–H and O–H groups in total. The third-order valence-electron chi connectivity index (χ3n) is 4.95. The van der Waals surface area contributed by atoms with Crippen molar-refractivity contribution in [1.29, 1.82) is 0 Å². The summed E-state index contributed by atoms with van der Waals surface area (Å²) in [7, 11) is 0. The molecule has 2 unspecified atom stereocenters. The summed E-state index contributed by atoms with van der Waals surface area (Å²) in [4.78, 5) is 26.1. The number of carbonyl (C=O) groups excluding carboxylic acids is 2. The van der Waals surface area contributed by atoms with Crippen molar-refractivity contribution in [3.63, 3.8) is 0 Å². The monoisotopic (exact) mass is 360 g/mol. The molecule has 2 amide bonds. The second kappa shape index (κ2) is 7.17. The first-order valence-corrected chi connectivity index (χ1v) is 9.23.